The highest BCUT2D eigenvalue weighted by atomic mass is 16.5. The van der Waals surface area contributed by atoms with Gasteiger partial charge in [0.2, 0.25) is 0 Å². The Morgan fingerprint density at radius 1 is 1.00 bits per heavy atom. The molecule has 0 aromatic heterocycles. The van der Waals surface area contributed by atoms with Gasteiger partial charge < -0.3 is 20.1 Å². The predicted octanol–water partition coefficient (Wildman–Crippen LogP) is 0.231. The molecule has 1 unspecified atom stereocenters. The van der Waals surface area contributed by atoms with Crippen LogP contribution in [0.15, 0.2) is 4.99 Å². The summed E-state index contributed by atoms with van der Waals surface area (Å²) < 4.78 is 10.9. The zero-order chi connectivity index (χ0) is 17.9. The molecular formula is C18H37N5O2. The molecule has 1 atom stereocenters. The molecule has 0 radical (unpaired) electrons. The Morgan fingerprint density at radius 3 is 2.24 bits per heavy atom. The molecule has 0 amide bonds. The molecule has 0 aliphatic carbocycles. The van der Waals surface area contributed by atoms with E-state index < -0.39 is 0 Å². The summed E-state index contributed by atoms with van der Waals surface area (Å²) in [6.45, 7) is 15.0. The first-order valence-corrected chi connectivity index (χ1v) is 9.75. The van der Waals surface area contributed by atoms with Crippen LogP contribution in [0.5, 0.6) is 0 Å². The number of hydrogen-bond acceptors (Lipinski definition) is 5. The van der Waals surface area contributed by atoms with Crippen LogP contribution >= 0.6 is 0 Å². The molecule has 2 saturated heterocycles. The SMILES string of the molecule is CN=C(NCCN1CCOCC1)NCC(CC(C)C)N1CCOCC1. The van der Waals surface area contributed by atoms with Crippen LogP contribution in [0.4, 0.5) is 0 Å². The Morgan fingerprint density at radius 2 is 1.64 bits per heavy atom. The minimum absolute atomic E-state index is 0.529. The van der Waals surface area contributed by atoms with Crippen molar-refractivity contribution in [3.05, 3.63) is 0 Å². The summed E-state index contributed by atoms with van der Waals surface area (Å²) in [5.74, 6) is 1.58. The number of guanidine groups is 1. The van der Waals surface area contributed by atoms with Crippen molar-refractivity contribution in [3.63, 3.8) is 0 Å². The minimum atomic E-state index is 0.529. The Balaban J connectivity index is 1.71. The smallest absolute Gasteiger partial charge is 0.191 e. The molecule has 0 saturated carbocycles. The van der Waals surface area contributed by atoms with Crippen molar-refractivity contribution in [1.82, 2.24) is 20.4 Å². The van der Waals surface area contributed by atoms with Crippen LogP contribution in [0.1, 0.15) is 20.3 Å². The number of aliphatic imine (C=N–C) groups is 1. The van der Waals surface area contributed by atoms with E-state index in [4.69, 9.17) is 9.47 Å². The normalized spacial score (nSPS) is 22.2. The Kier molecular flexibility index (Phi) is 9.54. The first kappa shape index (κ1) is 20.4. The summed E-state index contributed by atoms with van der Waals surface area (Å²) in [6.07, 6.45) is 1.19. The lowest BCUT2D eigenvalue weighted by molar-refractivity contribution is 0.0132. The predicted molar refractivity (Wildman–Crippen MR) is 102 cm³/mol. The number of ether oxygens (including phenoxy) is 2. The lowest BCUT2D eigenvalue weighted by Gasteiger charge is -2.35. The van der Waals surface area contributed by atoms with E-state index in [2.05, 4.69) is 39.3 Å². The van der Waals surface area contributed by atoms with Gasteiger partial charge in [-0.15, -0.1) is 0 Å². The van der Waals surface area contributed by atoms with Gasteiger partial charge in [0.05, 0.1) is 26.4 Å². The number of nitrogens with one attached hydrogen (secondary N) is 2. The molecule has 2 rings (SSSR count). The fourth-order valence-corrected chi connectivity index (χ4v) is 3.44. The number of rotatable bonds is 8. The second-order valence-corrected chi connectivity index (χ2v) is 7.27. The van der Waals surface area contributed by atoms with Crippen molar-refractivity contribution in [2.75, 3.05) is 79.3 Å². The number of nitrogens with zero attached hydrogens (tertiary/aromatic N) is 3. The molecule has 7 heteroatoms. The third-order valence-electron chi connectivity index (χ3n) is 4.86. The van der Waals surface area contributed by atoms with Gasteiger partial charge in [-0.1, -0.05) is 13.8 Å². The second kappa shape index (κ2) is 11.7. The van der Waals surface area contributed by atoms with E-state index >= 15 is 0 Å². The molecule has 25 heavy (non-hydrogen) atoms. The van der Waals surface area contributed by atoms with Crippen molar-refractivity contribution < 1.29 is 9.47 Å². The van der Waals surface area contributed by atoms with E-state index in [0.717, 1.165) is 78.2 Å². The second-order valence-electron chi connectivity index (χ2n) is 7.27. The summed E-state index contributed by atoms with van der Waals surface area (Å²) in [5.41, 5.74) is 0. The van der Waals surface area contributed by atoms with Crippen LogP contribution < -0.4 is 10.6 Å². The lowest BCUT2D eigenvalue weighted by Crippen LogP contribution is -2.51. The van der Waals surface area contributed by atoms with Crippen molar-refractivity contribution in [2.45, 2.75) is 26.3 Å². The van der Waals surface area contributed by atoms with E-state index in [1.807, 2.05) is 7.05 Å². The average molecular weight is 356 g/mol. The molecule has 0 spiro atoms. The molecule has 0 aromatic rings. The summed E-state index contributed by atoms with van der Waals surface area (Å²) >= 11 is 0. The van der Waals surface area contributed by atoms with Crippen molar-refractivity contribution in [2.24, 2.45) is 10.9 Å². The maximum atomic E-state index is 5.50. The van der Waals surface area contributed by atoms with Gasteiger partial charge in [0.1, 0.15) is 0 Å². The maximum Gasteiger partial charge on any atom is 0.191 e. The van der Waals surface area contributed by atoms with E-state index in [-0.39, 0.29) is 0 Å². The van der Waals surface area contributed by atoms with E-state index in [9.17, 15) is 0 Å². The Bertz CT molecular complexity index is 380. The molecular weight excluding hydrogens is 318 g/mol. The molecule has 2 N–H and O–H groups in total. The lowest BCUT2D eigenvalue weighted by atomic mass is 10.0. The highest BCUT2D eigenvalue weighted by Crippen LogP contribution is 2.12. The first-order chi connectivity index (χ1) is 12.2. The van der Waals surface area contributed by atoms with Gasteiger partial charge in [0, 0.05) is 58.9 Å². The number of hydrogen-bond donors (Lipinski definition) is 2. The van der Waals surface area contributed by atoms with Gasteiger partial charge >= 0.3 is 0 Å². The monoisotopic (exact) mass is 355 g/mol. The van der Waals surface area contributed by atoms with Crippen LogP contribution in [0.25, 0.3) is 0 Å². The van der Waals surface area contributed by atoms with Crippen molar-refractivity contribution >= 4 is 5.96 Å². The molecule has 2 fully saturated rings. The highest BCUT2D eigenvalue weighted by molar-refractivity contribution is 5.79. The standard InChI is InChI=1S/C18H37N5O2/c1-16(2)14-17(23-8-12-25-13-9-23)15-21-18(19-3)20-4-5-22-6-10-24-11-7-22/h16-17H,4-15H2,1-3H3,(H2,19,20,21). The van der Waals surface area contributed by atoms with Gasteiger partial charge in [0.25, 0.3) is 0 Å². The quantitative estimate of drug-likeness (QED) is 0.480. The molecule has 7 nitrogen and oxygen atoms in total. The highest BCUT2D eigenvalue weighted by Gasteiger charge is 2.22. The Hall–Kier alpha value is -0.890. The van der Waals surface area contributed by atoms with Gasteiger partial charge in [-0.05, 0) is 12.3 Å². The van der Waals surface area contributed by atoms with Crippen LogP contribution in [-0.2, 0) is 9.47 Å². The van der Waals surface area contributed by atoms with Crippen LogP contribution in [-0.4, -0.2) is 101 Å². The maximum absolute atomic E-state index is 5.50. The molecule has 0 aromatic carbocycles. The fraction of sp³-hybridized carbons (Fsp3) is 0.944. The molecule has 0 bridgehead atoms. The fourth-order valence-electron chi connectivity index (χ4n) is 3.44. The van der Waals surface area contributed by atoms with Crippen molar-refractivity contribution in [3.8, 4) is 0 Å². The van der Waals surface area contributed by atoms with Crippen LogP contribution in [0.3, 0.4) is 0 Å². The van der Waals surface area contributed by atoms with E-state index in [1.165, 1.54) is 6.42 Å². The summed E-state index contributed by atoms with van der Waals surface area (Å²) in [5, 5.41) is 6.96. The van der Waals surface area contributed by atoms with Gasteiger partial charge in [-0.25, -0.2) is 0 Å². The van der Waals surface area contributed by atoms with Crippen LogP contribution in [0, 0.1) is 5.92 Å². The molecule has 146 valence electrons. The average Bonchev–Trinajstić information content (AvgIpc) is 2.64. The topological polar surface area (TPSA) is 61.4 Å². The largest absolute Gasteiger partial charge is 0.379 e. The zero-order valence-electron chi connectivity index (χ0n) is 16.3. The van der Waals surface area contributed by atoms with Gasteiger partial charge in [-0.3, -0.25) is 14.8 Å². The number of morpholine rings is 2. The Labute approximate surface area is 153 Å². The third kappa shape index (κ3) is 7.90. The van der Waals surface area contributed by atoms with E-state index in [1.54, 1.807) is 0 Å². The summed E-state index contributed by atoms with van der Waals surface area (Å²) in [6, 6.07) is 0.529. The van der Waals surface area contributed by atoms with Gasteiger partial charge in [-0.2, -0.15) is 0 Å². The molecule has 2 aliphatic heterocycles. The van der Waals surface area contributed by atoms with E-state index in [0.29, 0.717) is 12.0 Å². The van der Waals surface area contributed by atoms with Crippen molar-refractivity contribution in [1.29, 1.82) is 0 Å². The third-order valence-corrected chi connectivity index (χ3v) is 4.86. The zero-order valence-corrected chi connectivity index (χ0v) is 16.3. The molecule has 2 aliphatic rings. The minimum Gasteiger partial charge on any atom is -0.379 e. The summed E-state index contributed by atoms with van der Waals surface area (Å²) in [4.78, 5) is 9.36. The summed E-state index contributed by atoms with van der Waals surface area (Å²) in [7, 11) is 1.84. The van der Waals surface area contributed by atoms with Crippen LogP contribution in [0.2, 0.25) is 0 Å². The van der Waals surface area contributed by atoms with Gasteiger partial charge in [0.15, 0.2) is 5.96 Å². The first-order valence-electron chi connectivity index (χ1n) is 9.75. The molecule has 2 heterocycles.